The van der Waals surface area contributed by atoms with E-state index >= 15 is 0 Å². The number of rotatable bonds is 6. The van der Waals surface area contributed by atoms with Crippen molar-refractivity contribution >= 4 is 22.8 Å². The molecule has 1 aromatic carbocycles. The van der Waals surface area contributed by atoms with Crippen molar-refractivity contribution in [3.8, 4) is 0 Å². The van der Waals surface area contributed by atoms with Crippen LogP contribution in [0.3, 0.4) is 0 Å². The van der Waals surface area contributed by atoms with Gasteiger partial charge in [-0.2, -0.15) is 4.98 Å². The van der Waals surface area contributed by atoms with Crippen LogP contribution in [0, 0.1) is 5.82 Å². The van der Waals surface area contributed by atoms with E-state index in [0.717, 1.165) is 10.1 Å². The van der Waals surface area contributed by atoms with Crippen molar-refractivity contribution in [3.63, 3.8) is 0 Å². The van der Waals surface area contributed by atoms with E-state index in [1.54, 1.807) is 19.1 Å². The average molecular weight is 381 g/mol. The van der Waals surface area contributed by atoms with E-state index in [1.165, 1.54) is 21.3 Å². The SMILES string of the molecule is CCn1c(=O)n(CCCO)c(=O)c2c1nc(Cl)n2Cc1ccc(F)cc1. The van der Waals surface area contributed by atoms with Gasteiger partial charge in [-0.3, -0.25) is 13.9 Å². The summed E-state index contributed by atoms with van der Waals surface area (Å²) in [5, 5.41) is 9.10. The molecule has 0 saturated carbocycles. The molecule has 2 aromatic heterocycles. The Balaban J connectivity index is 2.23. The van der Waals surface area contributed by atoms with Gasteiger partial charge >= 0.3 is 5.69 Å². The highest BCUT2D eigenvalue weighted by molar-refractivity contribution is 6.29. The molecule has 0 atom stereocenters. The zero-order valence-electron chi connectivity index (χ0n) is 14.2. The second-order valence-corrected chi connectivity index (χ2v) is 6.16. The first-order valence-electron chi connectivity index (χ1n) is 8.22. The summed E-state index contributed by atoms with van der Waals surface area (Å²) in [6, 6.07) is 5.84. The van der Waals surface area contributed by atoms with Crippen molar-refractivity contribution in [3.05, 3.63) is 61.8 Å². The molecular formula is C17H18ClFN4O3. The maximum absolute atomic E-state index is 13.1. The van der Waals surface area contributed by atoms with Crippen LogP contribution in [0.4, 0.5) is 4.39 Å². The average Bonchev–Trinajstić information content (AvgIpc) is 2.93. The van der Waals surface area contributed by atoms with Gasteiger partial charge in [-0.15, -0.1) is 0 Å². The summed E-state index contributed by atoms with van der Waals surface area (Å²) in [4.78, 5) is 29.7. The molecule has 3 rings (SSSR count). The van der Waals surface area contributed by atoms with Gasteiger partial charge in [-0.1, -0.05) is 12.1 Å². The third-order valence-corrected chi connectivity index (χ3v) is 4.47. The van der Waals surface area contributed by atoms with E-state index < -0.39 is 11.2 Å². The van der Waals surface area contributed by atoms with Gasteiger partial charge in [0.15, 0.2) is 11.2 Å². The first-order chi connectivity index (χ1) is 12.5. The summed E-state index contributed by atoms with van der Waals surface area (Å²) in [5.74, 6) is -0.360. The van der Waals surface area contributed by atoms with Crippen LogP contribution in [0.15, 0.2) is 33.9 Å². The molecule has 0 fully saturated rings. The zero-order valence-corrected chi connectivity index (χ0v) is 14.9. The normalized spacial score (nSPS) is 11.4. The van der Waals surface area contributed by atoms with Crippen LogP contribution < -0.4 is 11.2 Å². The maximum atomic E-state index is 13.1. The third kappa shape index (κ3) is 3.17. The summed E-state index contributed by atoms with van der Waals surface area (Å²) in [6.45, 7) is 2.27. The quantitative estimate of drug-likeness (QED) is 0.658. The molecule has 2 heterocycles. The van der Waals surface area contributed by atoms with Gasteiger partial charge in [0.05, 0.1) is 6.54 Å². The molecule has 1 N–H and O–H groups in total. The molecule has 0 aliphatic rings. The van der Waals surface area contributed by atoms with Gasteiger partial charge in [0.2, 0.25) is 5.28 Å². The van der Waals surface area contributed by atoms with E-state index in [1.807, 2.05) is 0 Å². The van der Waals surface area contributed by atoms with Gasteiger partial charge in [0.25, 0.3) is 5.56 Å². The predicted octanol–water partition coefficient (Wildman–Crippen LogP) is 1.60. The number of aryl methyl sites for hydroxylation is 1. The summed E-state index contributed by atoms with van der Waals surface area (Å²) in [7, 11) is 0. The Morgan fingerprint density at radius 1 is 1.15 bits per heavy atom. The number of aromatic nitrogens is 4. The lowest BCUT2D eigenvalue weighted by Gasteiger charge is -2.11. The summed E-state index contributed by atoms with van der Waals surface area (Å²) >= 11 is 6.23. The number of aliphatic hydroxyl groups excluding tert-OH is 1. The van der Waals surface area contributed by atoms with E-state index in [9.17, 15) is 14.0 Å². The largest absolute Gasteiger partial charge is 0.396 e. The second-order valence-electron chi connectivity index (χ2n) is 5.83. The molecule has 0 bridgehead atoms. The fraction of sp³-hybridized carbons (Fsp3) is 0.353. The number of hydrogen-bond acceptors (Lipinski definition) is 4. The van der Waals surface area contributed by atoms with Crippen molar-refractivity contribution in [1.29, 1.82) is 0 Å². The molecule has 0 unspecified atom stereocenters. The van der Waals surface area contributed by atoms with E-state index in [4.69, 9.17) is 16.7 Å². The molecule has 0 amide bonds. The molecule has 9 heteroatoms. The van der Waals surface area contributed by atoms with Crippen molar-refractivity contribution in [2.24, 2.45) is 0 Å². The van der Waals surface area contributed by atoms with Crippen LogP contribution in [0.1, 0.15) is 18.9 Å². The summed E-state index contributed by atoms with van der Waals surface area (Å²) in [5.41, 5.74) is 0.169. The minimum absolute atomic E-state index is 0.0722. The highest BCUT2D eigenvalue weighted by Gasteiger charge is 2.20. The number of imidazole rings is 1. The minimum atomic E-state index is -0.510. The Labute approximate surface area is 152 Å². The number of hydrogen-bond donors (Lipinski definition) is 1. The summed E-state index contributed by atoms with van der Waals surface area (Å²) in [6.07, 6.45) is 0.282. The molecule has 0 aliphatic carbocycles. The Bertz CT molecular complexity index is 1050. The number of aliphatic hydroxyl groups is 1. The van der Waals surface area contributed by atoms with Gasteiger partial charge in [0, 0.05) is 19.7 Å². The van der Waals surface area contributed by atoms with Crippen molar-refractivity contribution < 1.29 is 9.50 Å². The number of benzene rings is 1. The van der Waals surface area contributed by atoms with E-state index in [0.29, 0.717) is 6.54 Å². The topological polar surface area (TPSA) is 82.0 Å². The Kier molecular flexibility index (Phi) is 5.24. The van der Waals surface area contributed by atoms with E-state index in [2.05, 4.69) is 4.98 Å². The first kappa shape index (κ1) is 18.3. The fourth-order valence-electron chi connectivity index (χ4n) is 2.89. The first-order valence-corrected chi connectivity index (χ1v) is 8.60. The lowest BCUT2D eigenvalue weighted by molar-refractivity contribution is 0.277. The number of fused-ring (bicyclic) bond motifs is 1. The molecule has 3 aromatic rings. The molecule has 26 heavy (non-hydrogen) atoms. The highest BCUT2D eigenvalue weighted by Crippen LogP contribution is 2.18. The zero-order chi connectivity index (χ0) is 18.8. The van der Waals surface area contributed by atoms with Crippen LogP contribution in [0.5, 0.6) is 0 Å². The minimum Gasteiger partial charge on any atom is -0.396 e. The van der Waals surface area contributed by atoms with Crippen LogP contribution in [0.25, 0.3) is 11.2 Å². The molecule has 0 spiro atoms. The summed E-state index contributed by atoms with van der Waals surface area (Å²) < 4.78 is 17.1. The molecular weight excluding hydrogens is 363 g/mol. The molecule has 0 saturated heterocycles. The Hall–Kier alpha value is -2.45. The second kappa shape index (κ2) is 7.43. The third-order valence-electron chi connectivity index (χ3n) is 4.18. The van der Waals surface area contributed by atoms with Crippen molar-refractivity contribution in [2.75, 3.05) is 6.61 Å². The number of halogens is 2. The van der Waals surface area contributed by atoms with Crippen LogP contribution in [-0.2, 0) is 19.6 Å². The lowest BCUT2D eigenvalue weighted by Crippen LogP contribution is -2.40. The van der Waals surface area contributed by atoms with Gasteiger partial charge in [-0.25, -0.2) is 9.18 Å². The fourth-order valence-corrected chi connectivity index (χ4v) is 3.12. The maximum Gasteiger partial charge on any atom is 0.332 e. The van der Waals surface area contributed by atoms with Crippen LogP contribution in [-0.4, -0.2) is 30.4 Å². The van der Waals surface area contributed by atoms with Crippen molar-refractivity contribution in [2.45, 2.75) is 33.0 Å². The highest BCUT2D eigenvalue weighted by atomic mass is 35.5. The van der Waals surface area contributed by atoms with Crippen LogP contribution >= 0.6 is 11.6 Å². The molecule has 0 aliphatic heterocycles. The smallest absolute Gasteiger partial charge is 0.332 e. The lowest BCUT2D eigenvalue weighted by atomic mass is 10.2. The monoisotopic (exact) mass is 380 g/mol. The van der Waals surface area contributed by atoms with Crippen molar-refractivity contribution in [1.82, 2.24) is 18.7 Å². The molecule has 0 radical (unpaired) electrons. The Morgan fingerprint density at radius 2 is 1.85 bits per heavy atom. The molecule has 7 nitrogen and oxygen atoms in total. The van der Waals surface area contributed by atoms with Gasteiger partial charge in [-0.05, 0) is 42.6 Å². The standard InChI is InChI=1S/C17H18ClFN4O3/c1-2-21-14-13(15(25)22(17(21)26)8-3-9-24)23(16(18)20-14)10-11-4-6-12(19)7-5-11/h4-7,24H,2-3,8-10H2,1H3. The Morgan fingerprint density at radius 3 is 2.46 bits per heavy atom. The van der Waals surface area contributed by atoms with Crippen LogP contribution in [0.2, 0.25) is 5.28 Å². The number of nitrogens with zero attached hydrogens (tertiary/aromatic N) is 4. The van der Waals surface area contributed by atoms with Gasteiger partial charge < -0.3 is 9.67 Å². The van der Waals surface area contributed by atoms with Gasteiger partial charge in [0.1, 0.15) is 5.82 Å². The molecule has 138 valence electrons. The predicted molar refractivity (Wildman–Crippen MR) is 96.1 cm³/mol. The van der Waals surface area contributed by atoms with E-state index in [-0.39, 0.29) is 48.4 Å².